The summed E-state index contributed by atoms with van der Waals surface area (Å²) in [6, 6.07) is 31.4. The Hall–Kier alpha value is -3.42. The van der Waals surface area contributed by atoms with Gasteiger partial charge in [-0.25, -0.2) is 0 Å². The van der Waals surface area contributed by atoms with Crippen LogP contribution in [-0.2, 0) is 11.2 Å². The topological polar surface area (TPSA) is 47.3 Å². The summed E-state index contributed by atoms with van der Waals surface area (Å²) in [7, 11) is 0. The molecule has 35 heavy (non-hydrogen) atoms. The van der Waals surface area contributed by atoms with Crippen LogP contribution in [0.4, 0.5) is 0 Å². The molecule has 0 N–H and O–H groups in total. The molecule has 4 nitrogen and oxygen atoms in total. The number of carbonyl (C=O) groups is 1. The molecule has 3 aromatic rings. The number of likely N-dealkylation sites (tertiary alicyclic amines) is 1. The van der Waals surface area contributed by atoms with Gasteiger partial charge in [0.15, 0.2) is 0 Å². The Labute approximate surface area is 209 Å². The number of carbonyl (C=O) groups excluding carboxylic acids is 1. The van der Waals surface area contributed by atoms with E-state index in [9.17, 15) is 4.79 Å². The van der Waals surface area contributed by atoms with Gasteiger partial charge in [-0.2, -0.15) is 5.26 Å². The van der Waals surface area contributed by atoms with E-state index in [2.05, 4.69) is 83.5 Å². The predicted octanol–water partition coefficient (Wildman–Crippen LogP) is 5.64. The number of amides is 1. The molecule has 1 saturated heterocycles. The lowest BCUT2D eigenvalue weighted by Gasteiger charge is -2.38. The standard InChI is InChI=1S/C31H35N3O/c1-2-34(31(35)23-25-13-15-26(24-32)16-14-25)29-17-20-33(21-18-29)22-19-30(27-9-5-3-6-10-27)28-11-7-4-8-12-28/h3-16,29-30H,2,17-23H2,1H3. The van der Waals surface area contributed by atoms with Gasteiger partial charge in [-0.15, -0.1) is 0 Å². The van der Waals surface area contributed by atoms with Crippen molar-refractivity contribution in [3.05, 3.63) is 107 Å². The maximum atomic E-state index is 13.1. The first-order chi connectivity index (χ1) is 17.2. The molecule has 1 aliphatic heterocycles. The molecule has 0 saturated carbocycles. The predicted molar refractivity (Wildman–Crippen MR) is 141 cm³/mol. The molecule has 0 spiro atoms. The molecule has 4 rings (SSSR count). The molecule has 1 amide bonds. The first-order valence-electron chi connectivity index (χ1n) is 12.8. The summed E-state index contributed by atoms with van der Waals surface area (Å²) in [6.07, 6.45) is 3.53. The Morgan fingerprint density at radius 2 is 1.51 bits per heavy atom. The monoisotopic (exact) mass is 465 g/mol. The minimum absolute atomic E-state index is 0.184. The van der Waals surface area contributed by atoms with Gasteiger partial charge < -0.3 is 9.80 Å². The Morgan fingerprint density at radius 3 is 2.03 bits per heavy atom. The lowest BCUT2D eigenvalue weighted by Crippen LogP contribution is -2.48. The van der Waals surface area contributed by atoms with Gasteiger partial charge in [0.25, 0.3) is 0 Å². The van der Waals surface area contributed by atoms with Crippen molar-refractivity contribution in [3.8, 4) is 6.07 Å². The summed E-state index contributed by atoms with van der Waals surface area (Å²) in [6.45, 7) is 5.94. The van der Waals surface area contributed by atoms with Gasteiger partial charge in [-0.1, -0.05) is 72.8 Å². The first-order valence-corrected chi connectivity index (χ1v) is 12.8. The fraction of sp³-hybridized carbons (Fsp3) is 0.355. The van der Waals surface area contributed by atoms with Crippen molar-refractivity contribution in [2.45, 2.75) is 44.6 Å². The summed E-state index contributed by atoms with van der Waals surface area (Å²) >= 11 is 0. The van der Waals surface area contributed by atoms with Crippen LogP contribution in [0.5, 0.6) is 0 Å². The quantitative estimate of drug-likeness (QED) is 0.411. The Morgan fingerprint density at radius 1 is 0.943 bits per heavy atom. The van der Waals surface area contributed by atoms with Crippen molar-refractivity contribution in [3.63, 3.8) is 0 Å². The molecule has 0 unspecified atom stereocenters. The van der Waals surface area contributed by atoms with E-state index in [0.717, 1.165) is 51.0 Å². The molecule has 1 fully saturated rings. The van der Waals surface area contributed by atoms with Crippen LogP contribution in [0.25, 0.3) is 0 Å². The largest absolute Gasteiger partial charge is 0.340 e. The van der Waals surface area contributed by atoms with E-state index in [0.29, 0.717) is 23.9 Å². The van der Waals surface area contributed by atoms with E-state index in [1.807, 2.05) is 12.1 Å². The van der Waals surface area contributed by atoms with Crippen molar-refractivity contribution in [1.82, 2.24) is 9.80 Å². The van der Waals surface area contributed by atoms with Crippen molar-refractivity contribution in [2.24, 2.45) is 0 Å². The Balaban J connectivity index is 1.31. The van der Waals surface area contributed by atoms with Gasteiger partial charge >= 0.3 is 0 Å². The summed E-state index contributed by atoms with van der Waals surface area (Å²) in [5, 5.41) is 8.98. The number of rotatable bonds is 9. The van der Waals surface area contributed by atoms with Gasteiger partial charge in [-0.05, 0) is 61.6 Å². The van der Waals surface area contributed by atoms with E-state index >= 15 is 0 Å². The maximum absolute atomic E-state index is 13.1. The second-order valence-electron chi connectivity index (χ2n) is 9.40. The number of benzene rings is 3. The van der Waals surface area contributed by atoms with Crippen LogP contribution in [0, 0.1) is 11.3 Å². The normalized spacial score (nSPS) is 14.5. The van der Waals surface area contributed by atoms with Crippen LogP contribution in [0.3, 0.4) is 0 Å². The number of nitriles is 1. The van der Waals surface area contributed by atoms with Crippen molar-refractivity contribution in [1.29, 1.82) is 5.26 Å². The highest BCUT2D eigenvalue weighted by Gasteiger charge is 2.27. The Bertz CT molecular complexity index is 1060. The van der Waals surface area contributed by atoms with Crippen molar-refractivity contribution >= 4 is 5.91 Å². The van der Waals surface area contributed by atoms with Gasteiger partial charge in [0, 0.05) is 31.6 Å². The Kier molecular flexibility index (Phi) is 8.70. The first kappa shape index (κ1) is 24.7. The molecule has 3 aromatic carbocycles. The third kappa shape index (κ3) is 6.59. The molecule has 0 aliphatic carbocycles. The second kappa shape index (κ2) is 12.3. The average molecular weight is 466 g/mol. The van der Waals surface area contributed by atoms with Crippen LogP contribution in [0.15, 0.2) is 84.9 Å². The SMILES string of the molecule is CCN(C(=O)Cc1ccc(C#N)cc1)C1CCN(CCC(c2ccccc2)c2ccccc2)CC1. The number of hydrogen-bond donors (Lipinski definition) is 0. The van der Waals surface area contributed by atoms with E-state index in [-0.39, 0.29) is 5.91 Å². The van der Waals surface area contributed by atoms with Crippen LogP contribution < -0.4 is 0 Å². The third-order valence-electron chi connectivity index (χ3n) is 7.24. The lowest BCUT2D eigenvalue weighted by molar-refractivity contribution is -0.133. The highest BCUT2D eigenvalue weighted by Crippen LogP contribution is 2.29. The van der Waals surface area contributed by atoms with E-state index in [1.54, 1.807) is 12.1 Å². The number of hydrogen-bond acceptors (Lipinski definition) is 3. The van der Waals surface area contributed by atoms with Crippen LogP contribution in [-0.4, -0.2) is 47.9 Å². The molecule has 0 atom stereocenters. The zero-order valence-corrected chi connectivity index (χ0v) is 20.6. The fourth-order valence-corrected chi connectivity index (χ4v) is 5.27. The summed E-state index contributed by atoms with van der Waals surface area (Å²) in [5.41, 5.74) is 4.35. The fourth-order valence-electron chi connectivity index (χ4n) is 5.27. The zero-order valence-electron chi connectivity index (χ0n) is 20.6. The smallest absolute Gasteiger partial charge is 0.227 e. The molecule has 1 heterocycles. The molecule has 0 radical (unpaired) electrons. The second-order valence-corrected chi connectivity index (χ2v) is 9.40. The van der Waals surface area contributed by atoms with Crippen LogP contribution in [0.1, 0.15) is 54.4 Å². The van der Waals surface area contributed by atoms with Crippen molar-refractivity contribution < 1.29 is 4.79 Å². The van der Waals surface area contributed by atoms with Crippen LogP contribution >= 0.6 is 0 Å². The minimum Gasteiger partial charge on any atom is -0.340 e. The van der Waals surface area contributed by atoms with Gasteiger partial charge in [-0.3, -0.25) is 4.79 Å². The molecule has 1 aliphatic rings. The van der Waals surface area contributed by atoms with Crippen molar-refractivity contribution in [2.75, 3.05) is 26.2 Å². The van der Waals surface area contributed by atoms with Gasteiger partial charge in [0.2, 0.25) is 5.91 Å². The molecular weight excluding hydrogens is 430 g/mol. The molecular formula is C31H35N3O. The molecule has 0 bridgehead atoms. The van der Waals surface area contributed by atoms with E-state index < -0.39 is 0 Å². The number of nitrogens with zero attached hydrogens (tertiary/aromatic N) is 3. The van der Waals surface area contributed by atoms with Crippen LogP contribution in [0.2, 0.25) is 0 Å². The summed E-state index contributed by atoms with van der Waals surface area (Å²) < 4.78 is 0. The molecule has 180 valence electrons. The zero-order chi connectivity index (χ0) is 24.5. The van der Waals surface area contributed by atoms with E-state index in [4.69, 9.17) is 5.26 Å². The molecule has 0 aromatic heterocycles. The van der Waals surface area contributed by atoms with Gasteiger partial charge in [0.1, 0.15) is 0 Å². The van der Waals surface area contributed by atoms with Gasteiger partial charge in [0.05, 0.1) is 18.1 Å². The summed E-state index contributed by atoms with van der Waals surface area (Å²) in [4.78, 5) is 17.7. The highest BCUT2D eigenvalue weighted by molar-refractivity contribution is 5.79. The molecule has 4 heteroatoms. The highest BCUT2D eigenvalue weighted by atomic mass is 16.2. The number of piperidine rings is 1. The third-order valence-corrected chi connectivity index (χ3v) is 7.24. The summed E-state index contributed by atoms with van der Waals surface area (Å²) in [5.74, 6) is 0.583. The van der Waals surface area contributed by atoms with E-state index in [1.165, 1.54) is 11.1 Å². The lowest BCUT2D eigenvalue weighted by atomic mass is 9.88. The maximum Gasteiger partial charge on any atom is 0.227 e. The number of likely N-dealkylation sites (N-methyl/N-ethyl adjacent to an activating group) is 1. The average Bonchev–Trinajstić information content (AvgIpc) is 2.92. The minimum atomic E-state index is 0.184.